The van der Waals surface area contributed by atoms with E-state index >= 15 is 0 Å². The number of pyridine rings is 1. The molecule has 2 N–H and O–H groups in total. The molecule has 6 nitrogen and oxygen atoms in total. The fraction of sp³-hybridized carbons (Fsp3) is 0.308. The van der Waals surface area contributed by atoms with Crippen LogP contribution in [0.1, 0.15) is 5.56 Å². The predicted molar refractivity (Wildman–Crippen MR) is 77.6 cm³/mol. The molecule has 0 spiro atoms. The average molecular weight is 292 g/mol. The minimum absolute atomic E-state index is 0.0182. The van der Waals surface area contributed by atoms with Crippen LogP contribution in [0.25, 0.3) is 0 Å². The Hall–Kier alpha value is -1.92. The highest BCUT2D eigenvalue weighted by Gasteiger charge is 2.26. The molecule has 104 valence electrons. The number of nitrogens with one attached hydrogen (secondary N) is 1. The van der Waals surface area contributed by atoms with Gasteiger partial charge in [-0.1, -0.05) is 11.6 Å². The second-order valence-electron chi connectivity index (χ2n) is 4.40. The Kier molecular flexibility index (Phi) is 3.66. The van der Waals surface area contributed by atoms with Crippen LogP contribution in [-0.4, -0.2) is 39.8 Å². The van der Waals surface area contributed by atoms with Crippen LogP contribution in [0.15, 0.2) is 24.5 Å². The van der Waals surface area contributed by atoms with E-state index in [0.29, 0.717) is 17.6 Å². The summed E-state index contributed by atoms with van der Waals surface area (Å²) in [6.07, 6.45) is 4.34. The normalized spacial score (nSPS) is 13.4. The smallest absolute Gasteiger partial charge is 0.226 e. The molecule has 0 saturated carbocycles. The van der Waals surface area contributed by atoms with Gasteiger partial charge in [0.25, 0.3) is 0 Å². The summed E-state index contributed by atoms with van der Waals surface area (Å²) in [6, 6.07) is 3.87. The molecule has 0 aromatic carbocycles. The number of aliphatic hydroxyl groups is 1. The summed E-state index contributed by atoms with van der Waals surface area (Å²) in [5.74, 6) is 1.23. The minimum atomic E-state index is 0.0182. The highest BCUT2D eigenvalue weighted by molar-refractivity contribution is 6.30. The van der Waals surface area contributed by atoms with Gasteiger partial charge in [0, 0.05) is 24.8 Å². The lowest BCUT2D eigenvalue weighted by Crippen LogP contribution is -2.16. The van der Waals surface area contributed by atoms with E-state index in [1.807, 2.05) is 12.1 Å². The van der Waals surface area contributed by atoms with E-state index in [0.717, 1.165) is 30.0 Å². The Balaban J connectivity index is 1.97. The SMILES string of the molecule is OCCNc1nc(Cl)c2c(n1)N(c1cccnc1)CC2. The summed E-state index contributed by atoms with van der Waals surface area (Å²) in [5.41, 5.74) is 1.93. The molecule has 0 atom stereocenters. The van der Waals surface area contributed by atoms with Crippen molar-refractivity contribution in [2.24, 2.45) is 0 Å². The number of fused-ring (bicyclic) bond motifs is 1. The maximum atomic E-state index is 8.85. The Morgan fingerprint density at radius 2 is 2.30 bits per heavy atom. The zero-order valence-corrected chi connectivity index (χ0v) is 11.5. The molecule has 2 aromatic heterocycles. The molecule has 1 aliphatic heterocycles. The lowest BCUT2D eigenvalue weighted by atomic mass is 10.3. The highest BCUT2D eigenvalue weighted by Crippen LogP contribution is 2.36. The van der Waals surface area contributed by atoms with Gasteiger partial charge in [-0.3, -0.25) is 4.98 Å². The summed E-state index contributed by atoms with van der Waals surface area (Å²) >= 11 is 6.21. The average Bonchev–Trinajstić information content (AvgIpc) is 2.90. The molecule has 7 heteroatoms. The van der Waals surface area contributed by atoms with Crippen LogP contribution in [0.5, 0.6) is 0 Å². The zero-order chi connectivity index (χ0) is 13.9. The van der Waals surface area contributed by atoms with Gasteiger partial charge in [-0.2, -0.15) is 4.98 Å². The van der Waals surface area contributed by atoms with Gasteiger partial charge in [0.05, 0.1) is 18.5 Å². The van der Waals surface area contributed by atoms with Crippen LogP contribution in [0.2, 0.25) is 5.15 Å². The standard InChI is InChI=1S/C13H14ClN5O/c14-11-10-3-6-19(9-2-1-4-15-8-9)12(10)18-13(17-11)16-5-7-20/h1-2,4,8,20H,3,5-7H2,(H,16,17,18). The molecular weight excluding hydrogens is 278 g/mol. The molecule has 2 aromatic rings. The molecule has 0 radical (unpaired) electrons. The van der Waals surface area contributed by atoms with Crippen LogP contribution in [-0.2, 0) is 6.42 Å². The third kappa shape index (κ3) is 2.39. The van der Waals surface area contributed by atoms with Crippen molar-refractivity contribution in [1.29, 1.82) is 0 Å². The van der Waals surface area contributed by atoms with Gasteiger partial charge in [-0.05, 0) is 18.6 Å². The number of nitrogens with zero attached hydrogens (tertiary/aromatic N) is 4. The first kappa shape index (κ1) is 13.1. The molecule has 0 unspecified atom stereocenters. The van der Waals surface area contributed by atoms with Crippen molar-refractivity contribution in [2.75, 3.05) is 29.9 Å². The molecule has 1 aliphatic rings. The van der Waals surface area contributed by atoms with Gasteiger partial charge in [0.1, 0.15) is 11.0 Å². The first-order valence-corrected chi connectivity index (χ1v) is 6.76. The Morgan fingerprint density at radius 1 is 1.40 bits per heavy atom. The Morgan fingerprint density at radius 3 is 3.05 bits per heavy atom. The molecule has 0 aliphatic carbocycles. The number of halogens is 1. The van der Waals surface area contributed by atoms with Gasteiger partial charge < -0.3 is 15.3 Å². The van der Waals surface area contributed by atoms with Crippen molar-refractivity contribution in [3.63, 3.8) is 0 Å². The number of aliphatic hydroxyl groups excluding tert-OH is 1. The second kappa shape index (κ2) is 5.60. The Bertz CT molecular complexity index is 607. The third-order valence-corrected chi connectivity index (χ3v) is 3.44. The summed E-state index contributed by atoms with van der Waals surface area (Å²) in [4.78, 5) is 14.9. The first-order valence-electron chi connectivity index (χ1n) is 6.38. The van der Waals surface area contributed by atoms with Crippen LogP contribution >= 0.6 is 11.6 Å². The lowest BCUT2D eigenvalue weighted by Gasteiger charge is -2.18. The van der Waals surface area contributed by atoms with Crippen molar-refractivity contribution >= 4 is 29.1 Å². The number of hydrogen-bond donors (Lipinski definition) is 2. The molecule has 3 heterocycles. The number of rotatable bonds is 4. The van der Waals surface area contributed by atoms with Crippen molar-refractivity contribution in [1.82, 2.24) is 15.0 Å². The molecular formula is C13H14ClN5O. The highest BCUT2D eigenvalue weighted by atomic mass is 35.5. The third-order valence-electron chi connectivity index (χ3n) is 3.13. The van der Waals surface area contributed by atoms with Gasteiger partial charge >= 0.3 is 0 Å². The van der Waals surface area contributed by atoms with Crippen molar-refractivity contribution in [2.45, 2.75) is 6.42 Å². The molecule has 0 saturated heterocycles. The quantitative estimate of drug-likeness (QED) is 0.834. The minimum Gasteiger partial charge on any atom is -0.395 e. The van der Waals surface area contributed by atoms with Gasteiger partial charge in [0.2, 0.25) is 5.95 Å². The van der Waals surface area contributed by atoms with E-state index in [-0.39, 0.29) is 6.61 Å². The van der Waals surface area contributed by atoms with Crippen LogP contribution < -0.4 is 10.2 Å². The number of anilines is 3. The molecule has 20 heavy (non-hydrogen) atoms. The van der Waals surface area contributed by atoms with Crippen molar-refractivity contribution < 1.29 is 5.11 Å². The summed E-state index contributed by atoms with van der Waals surface area (Å²) in [5, 5.41) is 12.2. The van der Waals surface area contributed by atoms with Crippen molar-refractivity contribution in [3.8, 4) is 0 Å². The van der Waals surface area contributed by atoms with E-state index in [2.05, 4.69) is 25.2 Å². The van der Waals surface area contributed by atoms with Crippen LogP contribution in [0, 0.1) is 0 Å². The summed E-state index contributed by atoms with van der Waals surface area (Å²) in [6.45, 7) is 1.21. The van der Waals surface area contributed by atoms with Crippen LogP contribution in [0.3, 0.4) is 0 Å². The molecule has 0 bridgehead atoms. The first-order chi connectivity index (χ1) is 9.79. The van der Waals surface area contributed by atoms with Gasteiger partial charge in [-0.25, -0.2) is 4.98 Å². The van der Waals surface area contributed by atoms with Crippen LogP contribution in [0.4, 0.5) is 17.5 Å². The molecule has 0 fully saturated rings. The van der Waals surface area contributed by atoms with E-state index in [4.69, 9.17) is 16.7 Å². The van der Waals surface area contributed by atoms with E-state index in [9.17, 15) is 0 Å². The lowest BCUT2D eigenvalue weighted by molar-refractivity contribution is 0.311. The fourth-order valence-electron chi connectivity index (χ4n) is 2.22. The van der Waals surface area contributed by atoms with E-state index < -0.39 is 0 Å². The van der Waals surface area contributed by atoms with Gasteiger partial charge in [0.15, 0.2) is 0 Å². The largest absolute Gasteiger partial charge is 0.395 e. The maximum Gasteiger partial charge on any atom is 0.226 e. The van der Waals surface area contributed by atoms with Gasteiger partial charge in [-0.15, -0.1) is 0 Å². The monoisotopic (exact) mass is 291 g/mol. The number of aromatic nitrogens is 3. The van der Waals surface area contributed by atoms with E-state index in [1.54, 1.807) is 12.4 Å². The molecule has 0 amide bonds. The second-order valence-corrected chi connectivity index (χ2v) is 4.76. The molecule has 3 rings (SSSR count). The summed E-state index contributed by atoms with van der Waals surface area (Å²) < 4.78 is 0. The predicted octanol–water partition coefficient (Wildman–Crippen LogP) is 1.62. The Labute approximate surface area is 121 Å². The maximum absolute atomic E-state index is 8.85. The zero-order valence-electron chi connectivity index (χ0n) is 10.8. The fourth-order valence-corrected chi connectivity index (χ4v) is 2.48. The number of hydrogen-bond acceptors (Lipinski definition) is 6. The van der Waals surface area contributed by atoms with E-state index in [1.165, 1.54) is 0 Å². The van der Waals surface area contributed by atoms with Crippen molar-refractivity contribution in [3.05, 3.63) is 35.2 Å². The topological polar surface area (TPSA) is 74.2 Å². The summed E-state index contributed by atoms with van der Waals surface area (Å²) in [7, 11) is 0.